The molecule has 0 saturated heterocycles. The molecule has 1 aromatic heterocycles. The number of aromatic nitrogens is 2. The van der Waals surface area contributed by atoms with E-state index in [1.165, 1.54) is 0 Å². The molecule has 1 heterocycles. The predicted molar refractivity (Wildman–Crippen MR) is 58.1 cm³/mol. The minimum atomic E-state index is 0.0841. The maximum absolute atomic E-state index is 8.78. The maximum atomic E-state index is 8.78. The van der Waals surface area contributed by atoms with Crippen LogP contribution in [0.5, 0.6) is 0 Å². The van der Waals surface area contributed by atoms with Gasteiger partial charge in [-0.15, -0.1) is 0 Å². The molecule has 2 aromatic rings. The number of hydrogen-bond donors (Lipinski definition) is 2. The van der Waals surface area contributed by atoms with E-state index in [0.29, 0.717) is 16.5 Å². The van der Waals surface area contributed by atoms with Crippen molar-refractivity contribution in [3.8, 4) is 6.07 Å². The van der Waals surface area contributed by atoms with Crippen LogP contribution in [0.25, 0.3) is 10.9 Å². The summed E-state index contributed by atoms with van der Waals surface area (Å²) in [5.41, 5.74) is 12.0. The second kappa shape index (κ2) is 3.26. The zero-order valence-corrected chi connectivity index (χ0v) is 8.28. The Kier molecular flexibility index (Phi) is 2.06. The second-order valence-corrected chi connectivity index (χ2v) is 3.28. The number of nitrogen functional groups attached to an aromatic ring is 2. The van der Waals surface area contributed by atoms with Gasteiger partial charge in [0, 0.05) is 0 Å². The van der Waals surface area contributed by atoms with Gasteiger partial charge in [-0.25, -0.2) is 4.98 Å². The van der Waals surface area contributed by atoms with E-state index < -0.39 is 0 Å². The first-order chi connectivity index (χ1) is 7.13. The Morgan fingerprint density at radius 3 is 2.67 bits per heavy atom. The first kappa shape index (κ1) is 9.49. The Balaban J connectivity index is 2.94. The average Bonchev–Trinajstić information content (AvgIpc) is 2.17. The predicted octanol–water partition coefficient (Wildman–Crippen LogP) is 1.32. The molecule has 15 heavy (non-hydrogen) atoms. The Hall–Kier alpha value is -2.06. The molecule has 6 heteroatoms. The van der Waals surface area contributed by atoms with Gasteiger partial charge in [0.25, 0.3) is 0 Å². The molecule has 0 aliphatic heterocycles. The molecule has 0 spiro atoms. The third kappa shape index (κ3) is 1.41. The lowest BCUT2D eigenvalue weighted by atomic mass is 10.1. The number of anilines is 2. The number of fused-ring (bicyclic) bond motifs is 1. The van der Waals surface area contributed by atoms with Crippen LogP contribution in [0.3, 0.4) is 0 Å². The number of nitrogens with two attached hydrogens (primary N) is 2. The lowest BCUT2D eigenvalue weighted by Gasteiger charge is -2.04. The van der Waals surface area contributed by atoms with Crippen LogP contribution in [0.2, 0.25) is 5.02 Å². The molecule has 0 radical (unpaired) electrons. The second-order valence-electron chi connectivity index (χ2n) is 2.90. The number of halogens is 1. The number of hydrogen-bond acceptors (Lipinski definition) is 5. The van der Waals surface area contributed by atoms with Crippen LogP contribution in [-0.4, -0.2) is 9.97 Å². The third-order valence-corrected chi connectivity index (χ3v) is 2.36. The van der Waals surface area contributed by atoms with Crippen LogP contribution in [0.1, 0.15) is 5.56 Å². The Morgan fingerprint density at radius 1 is 1.27 bits per heavy atom. The third-order valence-electron chi connectivity index (χ3n) is 1.97. The first-order valence-corrected chi connectivity index (χ1v) is 4.42. The van der Waals surface area contributed by atoms with E-state index in [4.69, 9.17) is 28.3 Å². The highest BCUT2D eigenvalue weighted by Gasteiger charge is 2.10. The highest BCUT2D eigenvalue weighted by molar-refractivity contribution is 6.37. The summed E-state index contributed by atoms with van der Waals surface area (Å²) in [4.78, 5) is 7.75. The molecule has 1 aromatic carbocycles. The molecular weight excluding hydrogens is 214 g/mol. The number of benzene rings is 1. The smallest absolute Gasteiger partial charge is 0.222 e. The monoisotopic (exact) mass is 219 g/mol. The van der Waals surface area contributed by atoms with Crippen molar-refractivity contribution in [2.45, 2.75) is 0 Å². The van der Waals surface area contributed by atoms with Gasteiger partial charge in [0.05, 0.1) is 21.5 Å². The highest BCUT2D eigenvalue weighted by atomic mass is 35.5. The molecule has 0 unspecified atom stereocenters. The van der Waals surface area contributed by atoms with E-state index in [9.17, 15) is 0 Å². The van der Waals surface area contributed by atoms with E-state index >= 15 is 0 Å². The van der Waals surface area contributed by atoms with E-state index in [-0.39, 0.29) is 16.8 Å². The summed E-state index contributed by atoms with van der Waals surface area (Å²) in [5.74, 6) is 0.264. The largest absolute Gasteiger partial charge is 0.383 e. The van der Waals surface area contributed by atoms with E-state index in [1.54, 1.807) is 12.1 Å². The van der Waals surface area contributed by atoms with Crippen molar-refractivity contribution >= 4 is 34.3 Å². The lowest BCUT2D eigenvalue weighted by molar-refractivity contribution is 1.24. The van der Waals surface area contributed by atoms with E-state index in [1.807, 2.05) is 6.07 Å². The van der Waals surface area contributed by atoms with E-state index in [2.05, 4.69) is 9.97 Å². The molecule has 4 N–H and O–H groups in total. The van der Waals surface area contributed by atoms with Crippen LogP contribution in [0.4, 0.5) is 11.8 Å². The Labute approximate surface area is 90.3 Å². The summed E-state index contributed by atoms with van der Waals surface area (Å²) in [6.07, 6.45) is 0. The summed E-state index contributed by atoms with van der Waals surface area (Å²) in [7, 11) is 0. The van der Waals surface area contributed by atoms with Gasteiger partial charge in [0.1, 0.15) is 11.9 Å². The minimum absolute atomic E-state index is 0.0841. The normalized spacial score (nSPS) is 10.1. The summed E-state index contributed by atoms with van der Waals surface area (Å²) in [6, 6.07) is 5.15. The molecule has 0 aliphatic carbocycles. The van der Waals surface area contributed by atoms with Crippen LogP contribution >= 0.6 is 11.6 Å². The van der Waals surface area contributed by atoms with Crippen molar-refractivity contribution in [2.75, 3.05) is 11.5 Å². The van der Waals surface area contributed by atoms with Crippen LogP contribution in [-0.2, 0) is 0 Å². The van der Waals surface area contributed by atoms with Crippen LogP contribution < -0.4 is 11.5 Å². The SMILES string of the molecule is N#Cc1ccc2nc(N)nc(N)c2c1Cl. The lowest BCUT2D eigenvalue weighted by Crippen LogP contribution is -2.01. The molecule has 0 aliphatic rings. The topological polar surface area (TPSA) is 102 Å². The van der Waals surface area contributed by atoms with Gasteiger partial charge in [-0.3, -0.25) is 0 Å². The molecule has 0 amide bonds. The van der Waals surface area contributed by atoms with Crippen molar-refractivity contribution in [3.05, 3.63) is 22.7 Å². The van der Waals surface area contributed by atoms with Crippen LogP contribution in [0.15, 0.2) is 12.1 Å². The number of nitrogens with zero attached hydrogens (tertiary/aromatic N) is 3. The Morgan fingerprint density at radius 2 is 2.00 bits per heavy atom. The summed E-state index contributed by atoms with van der Waals surface area (Å²) in [6.45, 7) is 0. The zero-order valence-electron chi connectivity index (χ0n) is 7.53. The summed E-state index contributed by atoms with van der Waals surface area (Å²) >= 11 is 5.98. The van der Waals surface area contributed by atoms with Crippen molar-refractivity contribution in [2.24, 2.45) is 0 Å². The minimum Gasteiger partial charge on any atom is -0.383 e. The molecule has 5 nitrogen and oxygen atoms in total. The highest BCUT2D eigenvalue weighted by Crippen LogP contribution is 2.29. The van der Waals surface area contributed by atoms with Gasteiger partial charge in [-0.05, 0) is 12.1 Å². The summed E-state index contributed by atoms with van der Waals surface area (Å²) < 4.78 is 0. The van der Waals surface area contributed by atoms with Crippen molar-refractivity contribution in [3.63, 3.8) is 0 Å². The fourth-order valence-corrected chi connectivity index (χ4v) is 1.62. The van der Waals surface area contributed by atoms with Crippen molar-refractivity contribution < 1.29 is 0 Å². The van der Waals surface area contributed by atoms with Gasteiger partial charge >= 0.3 is 0 Å². The molecule has 74 valence electrons. The molecule has 0 fully saturated rings. The fraction of sp³-hybridized carbons (Fsp3) is 0. The van der Waals surface area contributed by atoms with Crippen molar-refractivity contribution in [1.82, 2.24) is 9.97 Å². The van der Waals surface area contributed by atoms with Gasteiger partial charge in [0.15, 0.2) is 0 Å². The van der Waals surface area contributed by atoms with Crippen LogP contribution in [0, 0.1) is 11.3 Å². The van der Waals surface area contributed by atoms with Gasteiger partial charge < -0.3 is 11.5 Å². The zero-order chi connectivity index (χ0) is 11.0. The van der Waals surface area contributed by atoms with Gasteiger partial charge in [-0.1, -0.05) is 11.6 Å². The molecule has 2 rings (SSSR count). The van der Waals surface area contributed by atoms with Gasteiger partial charge in [-0.2, -0.15) is 10.2 Å². The van der Waals surface area contributed by atoms with Gasteiger partial charge in [0.2, 0.25) is 5.95 Å². The average molecular weight is 220 g/mol. The molecule has 0 atom stereocenters. The summed E-state index contributed by atoms with van der Waals surface area (Å²) in [5, 5.41) is 9.50. The molecule has 0 saturated carbocycles. The number of rotatable bonds is 0. The quantitative estimate of drug-likeness (QED) is 0.696. The standard InChI is InChI=1S/C9H6ClN5/c10-7-4(3-11)1-2-5-6(7)8(12)15-9(13)14-5/h1-2H,(H4,12,13,14,15). The maximum Gasteiger partial charge on any atom is 0.222 e. The van der Waals surface area contributed by atoms with E-state index in [0.717, 1.165) is 0 Å². The number of nitriles is 1. The van der Waals surface area contributed by atoms with Crippen molar-refractivity contribution in [1.29, 1.82) is 5.26 Å². The molecule has 0 bridgehead atoms. The first-order valence-electron chi connectivity index (χ1n) is 4.05. The molecular formula is C9H6ClN5. The Bertz CT molecular complexity index is 587. The fourth-order valence-electron chi connectivity index (χ4n) is 1.32.